The molecule has 0 aliphatic carbocycles. The van der Waals surface area contributed by atoms with Gasteiger partial charge in [0.05, 0.1) is 17.6 Å². The summed E-state index contributed by atoms with van der Waals surface area (Å²) in [6, 6.07) is 19.9. The Morgan fingerprint density at radius 1 is 0.926 bits per heavy atom. The number of rotatable bonds is 3. The van der Waals surface area contributed by atoms with Crippen LogP contribution in [0.2, 0.25) is 0 Å². The van der Waals surface area contributed by atoms with Gasteiger partial charge in [0.25, 0.3) is 0 Å². The fourth-order valence-corrected chi connectivity index (χ4v) is 2.96. The molecule has 5 heteroatoms. The van der Waals surface area contributed by atoms with Gasteiger partial charge in [-0.2, -0.15) is 0 Å². The van der Waals surface area contributed by atoms with Crippen molar-refractivity contribution in [3.63, 3.8) is 0 Å². The van der Waals surface area contributed by atoms with Gasteiger partial charge in [-0.1, -0.05) is 36.4 Å². The molecule has 4 aromatic rings. The third-order valence-electron chi connectivity index (χ3n) is 4.44. The summed E-state index contributed by atoms with van der Waals surface area (Å²) in [5.41, 5.74) is 10.4. The highest BCUT2D eigenvalue weighted by Crippen LogP contribution is 2.32. The van der Waals surface area contributed by atoms with E-state index in [9.17, 15) is 4.39 Å². The number of anilines is 1. The first-order chi connectivity index (χ1) is 13.1. The van der Waals surface area contributed by atoms with Gasteiger partial charge in [-0.25, -0.2) is 4.39 Å². The Kier molecular flexibility index (Phi) is 4.34. The van der Waals surface area contributed by atoms with Crippen LogP contribution in [0, 0.1) is 12.7 Å². The molecule has 0 atom stereocenters. The molecule has 27 heavy (non-hydrogen) atoms. The number of fused-ring (bicyclic) bond motifs is 1. The molecule has 0 unspecified atom stereocenters. The molecule has 132 valence electrons. The van der Waals surface area contributed by atoms with E-state index in [4.69, 9.17) is 5.73 Å². The summed E-state index contributed by atoms with van der Waals surface area (Å²) in [4.78, 5) is 4.38. The number of benzene rings is 3. The summed E-state index contributed by atoms with van der Waals surface area (Å²) >= 11 is 0. The van der Waals surface area contributed by atoms with E-state index in [-0.39, 0.29) is 5.82 Å². The first-order valence-electron chi connectivity index (χ1n) is 8.53. The molecule has 4 nitrogen and oxygen atoms in total. The van der Waals surface area contributed by atoms with Crippen LogP contribution in [-0.2, 0) is 0 Å². The smallest absolute Gasteiger partial charge is 0.123 e. The van der Waals surface area contributed by atoms with E-state index in [1.807, 2.05) is 43.3 Å². The SMILES string of the molecule is Cc1ccc(F)cc1-c1ccc(N=Nc2ccc3ccccc3c2N)cn1. The predicted molar refractivity (Wildman–Crippen MR) is 107 cm³/mol. The Hall–Kier alpha value is -3.60. The highest BCUT2D eigenvalue weighted by atomic mass is 19.1. The third kappa shape index (κ3) is 3.40. The molecular weight excluding hydrogens is 339 g/mol. The van der Waals surface area contributed by atoms with Gasteiger partial charge >= 0.3 is 0 Å². The largest absolute Gasteiger partial charge is 0.396 e. The summed E-state index contributed by atoms with van der Waals surface area (Å²) in [5, 5.41) is 10.5. The van der Waals surface area contributed by atoms with E-state index in [1.54, 1.807) is 24.4 Å². The van der Waals surface area contributed by atoms with Crippen LogP contribution in [0.3, 0.4) is 0 Å². The molecule has 2 N–H and O–H groups in total. The van der Waals surface area contributed by atoms with Crippen molar-refractivity contribution in [2.45, 2.75) is 6.92 Å². The number of nitrogens with zero attached hydrogens (tertiary/aromatic N) is 3. The Morgan fingerprint density at radius 3 is 2.59 bits per heavy atom. The van der Waals surface area contributed by atoms with Gasteiger partial charge in [-0.05, 0) is 48.2 Å². The fraction of sp³-hybridized carbons (Fsp3) is 0.0455. The van der Waals surface area contributed by atoms with Crippen LogP contribution < -0.4 is 5.73 Å². The van der Waals surface area contributed by atoms with Crippen LogP contribution in [-0.4, -0.2) is 4.98 Å². The average molecular weight is 356 g/mol. The zero-order chi connectivity index (χ0) is 18.8. The molecule has 0 bridgehead atoms. The van der Waals surface area contributed by atoms with Gasteiger partial charge in [0, 0.05) is 10.9 Å². The zero-order valence-corrected chi connectivity index (χ0v) is 14.7. The molecule has 1 aromatic heterocycles. The summed E-state index contributed by atoms with van der Waals surface area (Å²) < 4.78 is 13.5. The van der Waals surface area contributed by atoms with Crippen LogP contribution in [0.25, 0.3) is 22.0 Å². The number of nitrogen functional groups attached to an aromatic ring is 1. The molecule has 0 saturated carbocycles. The summed E-state index contributed by atoms with van der Waals surface area (Å²) in [6.07, 6.45) is 1.61. The number of hydrogen-bond donors (Lipinski definition) is 1. The number of azo groups is 1. The van der Waals surface area contributed by atoms with Crippen molar-refractivity contribution in [2.75, 3.05) is 5.73 Å². The van der Waals surface area contributed by atoms with E-state index in [2.05, 4.69) is 15.2 Å². The molecule has 4 rings (SSSR count). The molecule has 0 fully saturated rings. The quantitative estimate of drug-likeness (QED) is 0.343. The molecular formula is C22H17FN4. The molecule has 0 radical (unpaired) electrons. The maximum atomic E-state index is 13.5. The zero-order valence-electron chi connectivity index (χ0n) is 14.7. The highest BCUT2D eigenvalue weighted by Gasteiger charge is 2.06. The Balaban J connectivity index is 1.62. The van der Waals surface area contributed by atoms with Gasteiger partial charge in [0.2, 0.25) is 0 Å². The standard InChI is InChI=1S/C22H17FN4/c1-14-6-8-16(23)12-19(14)20-11-9-17(13-25-20)26-27-21-10-7-15-4-2-3-5-18(15)22(21)24/h2-13H,24H2,1H3. The van der Waals surface area contributed by atoms with Crippen molar-refractivity contribution in [2.24, 2.45) is 10.2 Å². The number of aryl methyl sites for hydroxylation is 1. The molecule has 0 aliphatic rings. The van der Waals surface area contributed by atoms with E-state index >= 15 is 0 Å². The summed E-state index contributed by atoms with van der Waals surface area (Å²) in [6.45, 7) is 1.92. The highest BCUT2D eigenvalue weighted by molar-refractivity contribution is 5.97. The van der Waals surface area contributed by atoms with Crippen LogP contribution in [0.15, 0.2) is 83.2 Å². The van der Waals surface area contributed by atoms with Crippen molar-refractivity contribution in [1.29, 1.82) is 0 Å². The fourth-order valence-electron chi connectivity index (χ4n) is 2.96. The first-order valence-corrected chi connectivity index (χ1v) is 8.53. The molecule has 0 spiro atoms. The first kappa shape index (κ1) is 16.8. The van der Waals surface area contributed by atoms with Crippen molar-refractivity contribution >= 4 is 27.8 Å². The summed E-state index contributed by atoms with van der Waals surface area (Å²) in [5.74, 6) is -0.284. The average Bonchev–Trinajstić information content (AvgIpc) is 2.70. The Morgan fingerprint density at radius 2 is 1.78 bits per heavy atom. The number of nitrogens with two attached hydrogens (primary N) is 1. The lowest BCUT2D eigenvalue weighted by Crippen LogP contribution is -1.88. The monoisotopic (exact) mass is 356 g/mol. The van der Waals surface area contributed by atoms with E-state index < -0.39 is 0 Å². The van der Waals surface area contributed by atoms with Gasteiger partial charge in [-0.15, -0.1) is 10.2 Å². The minimum atomic E-state index is -0.284. The third-order valence-corrected chi connectivity index (χ3v) is 4.44. The molecule has 1 heterocycles. The van der Waals surface area contributed by atoms with Gasteiger partial charge < -0.3 is 5.73 Å². The van der Waals surface area contributed by atoms with Gasteiger partial charge in [0.1, 0.15) is 17.2 Å². The van der Waals surface area contributed by atoms with Crippen LogP contribution in [0.5, 0.6) is 0 Å². The lowest BCUT2D eigenvalue weighted by Gasteiger charge is -2.06. The second-order valence-corrected chi connectivity index (χ2v) is 6.28. The van der Waals surface area contributed by atoms with E-state index in [1.165, 1.54) is 12.1 Å². The van der Waals surface area contributed by atoms with Crippen molar-refractivity contribution in [3.8, 4) is 11.3 Å². The number of halogens is 1. The van der Waals surface area contributed by atoms with Crippen molar-refractivity contribution in [3.05, 3.63) is 84.3 Å². The topological polar surface area (TPSA) is 63.6 Å². The van der Waals surface area contributed by atoms with Gasteiger partial charge in [-0.3, -0.25) is 4.98 Å². The van der Waals surface area contributed by atoms with E-state index in [0.29, 0.717) is 22.8 Å². The second-order valence-electron chi connectivity index (χ2n) is 6.28. The Bertz CT molecular complexity index is 1150. The van der Waals surface area contributed by atoms with Gasteiger partial charge in [0.15, 0.2) is 0 Å². The normalized spacial score (nSPS) is 11.3. The number of pyridine rings is 1. The van der Waals surface area contributed by atoms with Crippen LogP contribution >= 0.6 is 0 Å². The maximum Gasteiger partial charge on any atom is 0.123 e. The molecule has 0 saturated heterocycles. The molecule has 0 aliphatic heterocycles. The Labute approximate surface area is 156 Å². The summed E-state index contributed by atoms with van der Waals surface area (Å²) in [7, 11) is 0. The minimum Gasteiger partial charge on any atom is -0.396 e. The van der Waals surface area contributed by atoms with Crippen LogP contribution in [0.1, 0.15) is 5.56 Å². The lowest BCUT2D eigenvalue weighted by atomic mass is 10.1. The molecule has 3 aromatic carbocycles. The van der Waals surface area contributed by atoms with E-state index in [0.717, 1.165) is 21.9 Å². The van der Waals surface area contributed by atoms with Crippen LogP contribution in [0.4, 0.5) is 21.5 Å². The number of hydrogen-bond acceptors (Lipinski definition) is 4. The predicted octanol–water partition coefficient (Wildman–Crippen LogP) is 6.35. The maximum absolute atomic E-state index is 13.5. The second kappa shape index (κ2) is 6.96. The minimum absolute atomic E-state index is 0.284. The van der Waals surface area contributed by atoms with Crippen molar-refractivity contribution in [1.82, 2.24) is 4.98 Å². The van der Waals surface area contributed by atoms with Crippen molar-refractivity contribution < 1.29 is 4.39 Å². The molecule has 0 amide bonds. The lowest BCUT2D eigenvalue weighted by molar-refractivity contribution is 0.628. The number of aromatic nitrogens is 1.